The molecule has 1 aliphatic carbocycles. The second kappa shape index (κ2) is 12.1. The first-order valence-corrected chi connectivity index (χ1v) is 12.6. The number of nitrogens with zero attached hydrogens (tertiary/aromatic N) is 4. The van der Waals surface area contributed by atoms with Crippen LogP contribution in [0.15, 0.2) is 52.8 Å². The molecule has 36 heavy (non-hydrogen) atoms. The first kappa shape index (κ1) is 25.8. The molecule has 1 atom stereocenters. The van der Waals surface area contributed by atoms with Crippen molar-refractivity contribution in [2.45, 2.75) is 45.8 Å². The van der Waals surface area contributed by atoms with Crippen LogP contribution in [0.25, 0.3) is 17.0 Å². The Bertz CT molecular complexity index is 1170. The van der Waals surface area contributed by atoms with Gasteiger partial charge in [0.15, 0.2) is 0 Å². The maximum absolute atomic E-state index is 9.62. The van der Waals surface area contributed by atoms with E-state index in [1.165, 1.54) is 11.1 Å². The molecular formula is C28H35N5O3. The molecule has 4 rings (SSSR count). The highest BCUT2D eigenvalue weighted by Gasteiger charge is 2.26. The minimum Gasteiger partial charge on any atom is -0.490 e. The summed E-state index contributed by atoms with van der Waals surface area (Å²) >= 11 is 0. The summed E-state index contributed by atoms with van der Waals surface area (Å²) in [5.74, 6) is 1.32. The molecule has 1 N–H and O–H groups in total. The van der Waals surface area contributed by atoms with Crippen molar-refractivity contribution in [1.82, 2.24) is 20.4 Å². The lowest BCUT2D eigenvalue weighted by molar-refractivity contribution is 0.0381. The summed E-state index contributed by atoms with van der Waals surface area (Å²) in [7, 11) is 0. The number of morpholine rings is 1. The quantitative estimate of drug-likeness (QED) is 0.297. The summed E-state index contributed by atoms with van der Waals surface area (Å²) in [6.45, 7) is 15.3. The molecule has 1 fully saturated rings. The van der Waals surface area contributed by atoms with Crippen LogP contribution in [0.5, 0.6) is 0 Å². The van der Waals surface area contributed by atoms with Gasteiger partial charge in [-0.2, -0.15) is 10.2 Å². The summed E-state index contributed by atoms with van der Waals surface area (Å²) in [4.78, 5) is 7.05. The third-order valence-corrected chi connectivity index (χ3v) is 6.46. The molecule has 1 aromatic heterocycles. The summed E-state index contributed by atoms with van der Waals surface area (Å²) in [5, 5.41) is 17.6. The molecule has 1 aliphatic heterocycles. The van der Waals surface area contributed by atoms with Crippen LogP contribution in [0.3, 0.4) is 0 Å². The van der Waals surface area contributed by atoms with Crippen molar-refractivity contribution in [3.05, 3.63) is 65.3 Å². The fourth-order valence-electron chi connectivity index (χ4n) is 4.70. The molecule has 1 saturated heterocycles. The molecule has 1 unspecified atom stereocenters. The zero-order valence-corrected chi connectivity index (χ0v) is 21.4. The van der Waals surface area contributed by atoms with E-state index in [1.54, 1.807) is 12.2 Å². The van der Waals surface area contributed by atoms with Crippen molar-refractivity contribution in [1.29, 1.82) is 5.26 Å². The number of allylic oxidation sites excluding steroid dienone is 4. The van der Waals surface area contributed by atoms with Crippen LogP contribution in [-0.4, -0.2) is 60.5 Å². The minimum absolute atomic E-state index is 0.0471. The SMILES string of the molecule is C=C(C=C(C#N)C(=CC)OC(C)C)c1nc(-c2cccc3c2CCC3NCCN2CCOCC2)no1. The van der Waals surface area contributed by atoms with Gasteiger partial charge in [0, 0.05) is 43.4 Å². The maximum atomic E-state index is 9.62. The van der Waals surface area contributed by atoms with Gasteiger partial charge in [-0.15, -0.1) is 0 Å². The van der Waals surface area contributed by atoms with Gasteiger partial charge in [-0.3, -0.25) is 4.90 Å². The largest absolute Gasteiger partial charge is 0.490 e. The number of hydrogen-bond acceptors (Lipinski definition) is 8. The van der Waals surface area contributed by atoms with Crippen molar-refractivity contribution >= 4 is 5.57 Å². The number of ether oxygens (including phenoxy) is 2. The highest BCUT2D eigenvalue weighted by molar-refractivity contribution is 5.72. The van der Waals surface area contributed by atoms with Crippen LogP contribution in [0.4, 0.5) is 0 Å². The standard InChI is InChI=1S/C28H35N5O3/c1-5-26(35-19(2)3)21(18-29)17-20(4)28-31-27(32-36-28)24-8-6-7-23-22(24)9-10-25(23)30-11-12-33-13-15-34-16-14-33/h5-8,17,19,25,30H,4,9-16H2,1-3H3. The van der Waals surface area contributed by atoms with E-state index in [1.807, 2.05) is 26.8 Å². The van der Waals surface area contributed by atoms with Crippen LogP contribution >= 0.6 is 0 Å². The predicted molar refractivity (Wildman–Crippen MR) is 139 cm³/mol. The number of nitriles is 1. The molecule has 8 heteroatoms. The predicted octanol–water partition coefficient (Wildman–Crippen LogP) is 4.44. The molecule has 2 aliphatic rings. The van der Waals surface area contributed by atoms with E-state index < -0.39 is 0 Å². The van der Waals surface area contributed by atoms with E-state index in [2.05, 4.69) is 45.1 Å². The third kappa shape index (κ3) is 6.11. The normalized spacial score (nSPS) is 18.8. The number of nitrogens with one attached hydrogen (secondary N) is 1. The van der Waals surface area contributed by atoms with Gasteiger partial charge in [0.05, 0.1) is 24.9 Å². The van der Waals surface area contributed by atoms with Crippen LogP contribution in [0.2, 0.25) is 0 Å². The molecule has 0 bridgehead atoms. The smallest absolute Gasteiger partial charge is 0.257 e. The molecule has 0 amide bonds. The lowest BCUT2D eigenvalue weighted by Gasteiger charge is -2.27. The van der Waals surface area contributed by atoms with E-state index in [-0.39, 0.29) is 12.0 Å². The van der Waals surface area contributed by atoms with Gasteiger partial charge in [0.1, 0.15) is 11.8 Å². The molecule has 0 radical (unpaired) electrons. The van der Waals surface area contributed by atoms with E-state index in [4.69, 9.17) is 14.0 Å². The summed E-state index contributed by atoms with van der Waals surface area (Å²) in [6, 6.07) is 8.78. The Balaban J connectivity index is 1.46. The van der Waals surface area contributed by atoms with E-state index >= 15 is 0 Å². The molecule has 1 aromatic carbocycles. The topological polar surface area (TPSA) is 96.4 Å². The lowest BCUT2D eigenvalue weighted by Crippen LogP contribution is -2.40. The first-order valence-electron chi connectivity index (χ1n) is 12.6. The van der Waals surface area contributed by atoms with Crippen molar-refractivity contribution in [3.63, 3.8) is 0 Å². The summed E-state index contributed by atoms with van der Waals surface area (Å²) in [6.07, 6.45) is 5.35. The van der Waals surface area contributed by atoms with Crippen molar-refractivity contribution in [3.8, 4) is 17.5 Å². The molecule has 8 nitrogen and oxygen atoms in total. The third-order valence-electron chi connectivity index (χ3n) is 6.46. The molecule has 190 valence electrons. The Morgan fingerprint density at radius 2 is 2.17 bits per heavy atom. The monoisotopic (exact) mass is 489 g/mol. The van der Waals surface area contributed by atoms with Gasteiger partial charge in [-0.1, -0.05) is 29.9 Å². The fourth-order valence-corrected chi connectivity index (χ4v) is 4.70. The number of rotatable bonds is 10. The van der Waals surface area contributed by atoms with Crippen LogP contribution in [0.1, 0.15) is 50.3 Å². The van der Waals surface area contributed by atoms with Gasteiger partial charge in [0.25, 0.3) is 5.89 Å². The number of hydrogen-bond donors (Lipinski definition) is 1. The van der Waals surface area contributed by atoms with E-state index in [9.17, 15) is 5.26 Å². The van der Waals surface area contributed by atoms with Gasteiger partial charge >= 0.3 is 0 Å². The molecule has 0 saturated carbocycles. The summed E-state index contributed by atoms with van der Waals surface area (Å²) in [5.41, 5.74) is 4.37. The van der Waals surface area contributed by atoms with E-state index in [0.717, 1.165) is 57.8 Å². The highest BCUT2D eigenvalue weighted by Crippen LogP contribution is 2.37. The number of fused-ring (bicyclic) bond motifs is 1. The molecule has 0 spiro atoms. The highest BCUT2D eigenvalue weighted by atomic mass is 16.5. The van der Waals surface area contributed by atoms with E-state index in [0.29, 0.717) is 28.8 Å². The van der Waals surface area contributed by atoms with Gasteiger partial charge in [-0.05, 0) is 56.9 Å². The fraction of sp³-hybridized carbons (Fsp3) is 0.464. The second-order valence-corrected chi connectivity index (χ2v) is 9.31. The van der Waals surface area contributed by atoms with Crippen LogP contribution in [0, 0.1) is 11.3 Å². The van der Waals surface area contributed by atoms with Crippen LogP contribution < -0.4 is 5.32 Å². The number of aromatic nitrogens is 2. The van der Waals surface area contributed by atoms with Crippen molar-refractivity contribution in [2.24, 2.45) is 0 Å². The Morgan fingerprint density at radius 1 is 1.36 bits per heavy atom. The van der Waals surface area contributed by atoms with Crippen molar-refractivity contribution in [2.75, 3.05) is 39.4 Å². The Hall–Kier alpha value is -3.25. The van der Waals surface area contributed by atoms with Gasteiger partial charge < -0.3 is 19.3 Å². The van der Waals surface area contributed by atoms with Gasteiger partial charge in [0.2, 0.25) is 5.82 Å². The minimum atomic E-state index is -0.0471. The maximum Gasteiger partial charge on any atom is 0.257 e. The van der Waals surface area contributed by atoms with Gasteiger partial charge in [-0.25, -0.2) is 0 Å². The van der Waals surface area contributed by atoms with Crippen molar-refractivity contribution < 1.29 is 14.0 Å². The Morgan fingerprint density at radius 3 is 2.89 bits per heavy atom. The average molecular weight is 490 g/mol. The first-order chi connectivity index (χ1) is 17.5. The average Bonchev–Trinajstić information content (AvgIpc) is 3.54. The summed E-state index contributed by atoms with van der Waals surface area (Å²) < 4.78 is 16.7. The zero-order chi connectivity index (χ0) is 25.5. The lowest BCUT2D eigenvalue weighted by atomic mass is 10.0. The number of benzene rings is 1. The molecule has 2 heterocycles. The molecular weight excluding hydrogens is 454 g/mol. The van der Waals surface area contributed by atoms with Crippen LogP contribution in [-0.2, 0) is 15.9 Å². The Labute approximate surface area is 213 Å². The zero-order valence-electron chi connectivity index (χ0n) is 21.4. The Kier molecular flexibility index (Phi) is 8.70. The molecule has 2 aromatic rings. The second-order valence-electron chi connectivity index (χ2n) is 9.31.